The van der Waals surface area contributed by atoms with Crippen LogP contribution in [0.1, 0.15) is 39.9 Å². The third kappa shape index (κ3) is 6.29. The van der Waals surface area contributed by atoms with Gasteiger partial charge in [0.1, 0.15) is 5.82 Å². The first-order valence-corrected chi connectivity index (χ1v) is 11.6. The van der Waals surface area contributed by atoms with Crippen LogP contribution in [0.2, 0.25) is 0 Å². The van der Waals surface area contributed by atoms with E-state index in [0.717, 1.165) is 36.1 Å². The molecule has 34 heavy (non-hydrogen) atoms. The van der Waals surface area contributed by atoms with E-state index in [-0.39, 0.29) is 36.7 Å². The minimum Gasteiger partial charge on any atom is -0.376 e. The SMILES string of the molecule is Cc1ccc(C(=O)N(Cc2ccc(F)cc2)c2cccc(CC(=O)NCC3CCCO3)c2)cc1. The lowest BCUT2D eigenvalue weighted by atomic mass is 10.1. The Balaban J connectivity index is 1.53. The molecule has 1 atom stereocenters. The average Bonchev–Trinajstić information content (AvgIpc) is 3.36. The molecule has 1 N–H and O–H groups in total. The van der Waals surface area contributed by atoms with Crippen molar-refractivity contribution >= 4 is 17.5 Å². The highest BCUT2D eigenvalue weighted by atomic mass is 19.1. The number of nitrogens with zero attached hydrogens (tertiary/aromatic N) is 1. The lowest BCUT2D eigenvalue weighted by Crippen LogP contribution is -2.33. The van der Waals surface area contributed by atoms with Crippen molar-refractivity contribution in [3.8, 4) is 0 Å². The number of carbonyl (C=O) groups is 2. The fraction of sp³-hybridized carbons (Fsp3) is 0.286. The van der Waals surface area contributed by atoms with E-state index in [2.05, 4.69) is 5.32 Å². The van der Waals surface area contributed by atoms with E-state index in [4.69, 9.17) is 4.74 Å². The maximum Gasteiger partial charge on any atom is 0.258 e. The molecule has 1 heterocycles. The molecule has 5 nitrogen and oxygen atoms in total. The largest absolute Gasteiger partial charge is 0.376 e. The van der Waals surface area contributed by atoms with Gasteiger partial charge in [-0.2, -0.15) is 0 Å². The number of carbonyl (C=O) groups excluding carboxylic acids is 2. The standard InChI is InChI=1S/C28H29FN2O3/c1-20-7-11-23(12-8-20)28(33)31(19-21-9-13-24(29)14-10-21)25-5-2-4-22(16-25)17-27(32)30-18-26-6-3-15-34-26/h2,4-5,7-14,16,26H,3,6,15,17-19H2,1H3,(H,30,32). The lowest BCUT2D eigenvalue weighted by molar-refractivity contribution is -0.120. The second kappa shape index (κ2) is 11.1. The van der Waals surface area contributed by atoms with Crippen LogP contribution in [0.3, 0.4) is 0 Å². The van der Waals surface area contributed by atoms with Gasteiger partial charge in [0, 0.05) is 24.4 Å². The summed E-state index contributed by atoms with van der Waals surface area (Å²) in [6.07, 6.45) is 2.30. The molecular weight excluding hydrogens is 431 g/mol. The fourth-order valence-electron chi connectivity index (χ4n) is 4.02. The molecular formula is C28H29FN2O3. The number of ether oxygens (including phenoxy) is 1. The third-order valence-corrected chi connectivity index (χ3v) is 5.94. The van der Waals surface area contributed by atoms with Crippen LogP contribution in [-0.2, 0) is 22.5 Å². The van der Waals surface area contributed by atoms with Gasteiger partial charge in [0.2, 0.25) is 5.91 Å². The molecule has 0 radical (unpaired) electrons. The Morgan fingerprint density at radius 2 is 1.79 bits per heavy atom. The van der Waals surface area contributed by atoms with Crippen molar-refractivity contribution in [2.45, 2.75) is 38.8 Å². The monoisotopic (exact) mass is 460 g/mol. The maximum absolute atomic E-state index is 13.5. The predicted octanol–water partition coefficient (Wildman–Crippen LogP) is 4.82. The molecule has 0 spiro atoms. The van der Waals surface area contributed by atoms with Crippen LogP contribution in [0.15, 0.2) is 72.8 Å². The fourth-order valence-corrected chi connectivity index (χ4v) is 4.02. The molecule has 4 rings (SSSR count). The minimum atomic E-state index is -0.323. The normalized spacial score (nSPS) is 15.2. The van der Waals surface area contributed by atoms with Crippen LogP contribution in [0, 0.1) is 12.7 Å². The van der Waals surface area contributed by atoms with Gasteiger partial charge in [-0.1, -0.05) is 42.0 Å². The number of amides is 2. The highest BCUT2D eigenvalue weighted by Gasteiger charge is 2.20. The van der Waals surface area contributed by atoms with E-state index in [1.807, 2.05) is 43.3 Å². The predicted molar refractivity (Wildman–Crippen MR) is 130 cm³/mol. The van der Waals surface area contributed by atoms with Crippen molar-refractivity contribution in [3.05, 3.63) is 101 Å². The van der Waals surface area contributed by atoms with E-state index < -0.39 is 0 Å². The summed E-state index contributed by atoms with van der Waals surface area (Å²) in [4.78, 5) is 27.6. The van der Waals surface area contributed by atoms with Gasteiger partial charge in [0.25, 0.3) is 5.91 Å². The van der Waals surface area contributed by atoms with Crippen molar-refractivity contribution in [1.82, 2.24) is 5.32 Å². The molecule has 1 unspecified atom stereocenters. The van der Waals surface area contributed by atoms with Crippen molar-refractivity contribution < 1.29 is 18.7 Å². The summed E-state index contributed by atoms with van der Waals surface area (Å²) in [7, 11) is 0. The topological polar surface area (TPSA) is 58.6 Å². The van der Waals surface area contributed by atoms with Gasteiger partial charge in [-0.25, -0.2) is 4.39 Å². The smallest absolute Gasteiger partial charge is 0.258 e. The van der Waals surface area contributed by atoms with Crippen LogP contribution in [-0.4, -0.2) is 31.1 Å². The van der Waals surface area contributed by atoms with Gasteiger partial charge in [-0.3, -0.25) is 9.59 Å². The van der Waals surface area contributed by atoms with Crippen LogP contribution in [0.25, 0.3) is 0 Å². The van der Waals surface area contributed by atoms with Gasteiger partial charge in [-0.05, 0) is 67.3 Å². The Hall–Kier alpha value is -3.51. The number of halogens is 1. The van der Waals surface area contributed by atoms with E-state index in [9.17, 15) is 14.0 Å². The first-order valence-electron chi connectivity index (χ1n) is 11.6. The average molecular weight is 461 g/mol. The molecule has 6 heteroatoms. The number of benzene rings is 3. The Kier molecular flexibility index (Phi) is 7.70. The quantitative estimate of drug-likeness (QED) is 0.524. The molecule has 3 aromatic carbocycles. The summed E-state index contributed by atoms with van der Waals surface area (Å²) < 4.78 is 19.0. The van der Waals surface area contributed by atoms with Crippen molar-refractivity contribution in [1.29, 1.82) is 0 Å². The Labute approximate surface area is 199 Å². The Bertz CT molecular complexity index is 1120. The maximum atomic E-state index is 13.5. The zero-order chi connectivity index (χ0) is 23.9. The summed E-state index contributed by atoms with van der Waals surface area (Å²) in [6.45, 7) is 3.52. The molecule has 0 saturated carbocycles. The number of anilines is 1. The third-order valence-electron chi connectivity index (χ3n) is 5.94. The van der Waals surface area contributed by atoms with Gasteiger partial charge in [-0.15, -0.1) is 0 Å². The van der Waals surface area contributed by atoms with E-state index in [1.54, 1.807) is 29.2 Å². The Morgan fingerprint density at radius 1 is 1.03 bits per heavy atom. The van der Waals surface area contributed by atoms with Crippen LogP contribution in [0.5, 0.6) is 0 Å². The minimum absolute atomic E-state index is 0.0809. The first-order chi connectivity index (χ1) is 16.5. The first kappa shape index (κ1) is 23.6. The zero-order valence-electron chi connectivity index (χ0n) is 19.3. The summed E-state index contributed by atoms with van der Waals surface area (Å²) >= 11 is 0. The highest BCUT2D eigenvalue weighted by molar-refractivity contribution is 6.06. The second-order valence-corrected chi connectivity index (χ2v) is 8.67. The number of aryl methyl sites for hydroxylation is 1. The van der Waals surface area contributed by atoms with Gasteiger partial charge in [0.15, 0.2) is 0 Å². The van der Waals surface area contributed by atoms with E-state index in [0.29, 0.717) is 17.8 Å². The summed E-state index contributed by atoms with van der Waals surface area (Å²) in [6, 6.07) is 21.0. The van der Waals surface area contributed by atoms with Gasteiger partial charge >= 0.3 is 0 Å². The summed E-state index contributed by atoms with van der Waals surface area (Å²) in [5.41, 5.74) is 3.93. The number of hydrogen-bond acceptors (Lipinski definition) is 3. The highest BCUT2D eigenvalue weighted by Crippen LogP contribution is 2.23. The van der Waals surface area contributed by atoms with E-state index in [1.165, 1.54) is 12.1 Å². The van der Waals surface area contributed by atoms with E-state index >= 15 is 0 Å². The second-order valence-electron chi connectivity index (χ2n) is 8.67. The number of rotatable bonds is 8. The molecule has 1 aliphatic rings. The number of hydrogen-bond donors (Lipinski definition) is 1. The van der Waals surface area contributed by atoms with Crippen molar-refractivity contribution in [3.63, 3.8) is 0 Å². The molecule has 0 aliphatic carbocycles. The molecule has 3 aromatic rings. The number of nitrogens with one attached hydrogen (secondary N) is 1. The van der Waals surface area contributed by atoms with Gasteiger partial charge in [0.05, 0.1) is 19.1 Å². The molecule has 0 bridgehead atoms. The molecule has 1 saturated heterocycles. The van der Waals surface area contributed by atoms with Crippen LogP contribution < -0.4 is 10.2 Å². The molecule has 176 valence electrons. The zero-order valence-corrected chi connectivity index (χ0v) is 19.3. The summed E-state index contributed by atoms with van der Waals surface area (Å²) in [5.74, 6) is -0.567. The van der Waals surface area contributed by atoms with Crippen molar-refractivity contribution in [2.75, 3.05) is 18.1 Å². The molecule has 2 amide bonds. The summed E-state index contributed by atoms with van der Waals surface area (Å²) in [5, 5.41) is 2.94. The van der Waals surface area contributed by atoms with Gasteiger partial charge < -0.3 is 15.0 Å². The molecule has 1 aliphatic heterocycles. The van der Waals surface area contributed by atoms with Crippen LogP contribution in [0.4, 0.5) is 10.1 Å². The van der Waals surface area contributed by atoms with Crippen molar-refractivity contribution in [2.24, 2.45) is 0 Å². The Morgan fingerprint density at radius 3 is 2.50 bits per heavy atom. The van der Waals surface area contributed by atoms with Crippen LogP contribution >= 0.6 is 0 Å². The molecule has 1 fully saturated rings. The lowest BCUT2D eigenvalue weighted by Gasteiger charge is -2.24. The molecule has 0 aromatic heterocycles.